The first-order chi connectivity index (χ1) is 12.2. The molecule has 0 aliphatic rings. The highest BCUT2D eigenvalue weighted by Gasteiger charge is 2.20. The van der Waals surface area contributed by atoms with Crippen molar-refractivity contribution in [1.29, 1.82) is 0 Å². The molecule has 1 aromatic heterocycles. The predicted octanol–water partition coefficient (Wildman–Crippen LogP) is 4.48. The lowest BCUT2D eigenvalue weighted by atomic mass is 10.1. The third-order valence-electron chi connectivity index (χ3n) is 4.23. The van der Waals surface area contributed by atoms with E-state index in [4.69, 9.17) is 4.74 Å². The Kier molecular flexibility index (Phi) is 7.51. The van der Waals surface area contributed by atoms with Crippen LogP contribution in [-0.2, 0) is 4.74 Å². The first-order valence-corrected chi connectivity index (χ1v) is 9.25. The SMILES string of the molecule is CCCCCCCCNc1c(C(=O)OCC)c(=O)[nH]c2ccccc12. The van der Waals surface area contributed by atoms with E-state index in [1.54, 1.807) is 6.92 Å². The summed E-state index contributed by atoms with van der Waals surface area (Å²) in [4.78, 5) is 27.4. The van der Waals surface area contributed by atoms with E-state index in [1.807, 2.05) is 24.3 Å². The van der Waals surface area contributed by atoms with Gasteiger partial charge in [-0.05, 0) is 19.4 Å². The Bertz CT molecular complexity index is 752. The van der Waals surface area contributed by atoms with Gasteiger partial charge < -0.3 is 15.0 Å². The lowest BCUT2D eigenvalue weighted by Gasteiger charge is -2.14. The molecule has 0 amide bonds. The van der Waals surface area contributed by atoms with Crippen molar-refractivity contribution in [1.82, 2.24) is 4.98 Å². The summed E-state index contributed by atoms with van der Waals surface area (Å²) in [6, 6.07) is 7.49. The van der Waals surface area contributed by atoms with Crippen LogP contribution in [0.25, 0.3) is 10.9 Å². The highest BCUT2D eigenvalue weighted by molar-refractivity contribution is 6.04. The molecular weight excluding hydrogens is 316 g/mol. The molecule has 0 radical (unpaired) electrons. The number of nitrogens with one attached hydrogen (secondary N) is 2. The van der Waals surface area contributed by atoms with E-state index in [2.05, 4.69) is 17.2 Å². The average Bonchev–Trinajstić information content (AvgIpc) is 2.60. The maximum absolute atomic E-state index is 12.4. The number of pyridine rings is 1. The minimum absolute atomic E-state index is 0.0616. The lowest BCUT2D eigenvalue weighted by molar-refractivity contribution is 0.0525. The number of rotatable bonds is 10. The molecular formula is C20H28N2O3. The third kappa shape index (κ3) is 5.08. The number of aromatic nitrogens is 1. The summed E-state index contributed by atoms with van der Waals surface area (Å²) in [6.07, 6.45) is 7.14. The van der Waals surface area contributed by atoms with Gasteiger partial charge in [0.05, 0.1) is 17.8 Å². The molecule has 0 saturated heterocycles. The molecule has 1 heterocycles. The molecule has 0 aliphatic heterocycles. The number of fused-ring (bicyclic) bond motifs is 1. The lowest BCUT2D eigenvalue weighted by Crippen LogP contribution is -2.23. The fourth-order valence-electron chi connectivity index (χ4n) is 2.94. The van der Waals surface area contributed by atoms with Crippen molar-refractivity contribution in [3.63, 3.8) is 0 Å². The van der Waals surface area contributed by atoms with E-state index >= 15 is 0 Å². The Labute approximate surface area is 148 Å². The number of unbranched alkanes of at least 4 members (excludes halogenated alkanes) is 5. The number of hydrogen-bond donors (Lipinski definition) is 2. The Morgan fingerprint density at radius 1 is 1.08 bits per heavy atom. The van der Waals surface area contributed by atoms with E-state index in [9.17, 15) is 9.59 Å². The zero-order valence-corrected chi connectivity index (χ0v) is 15.2. The smallest absolute Gasteiger partial charge is 0.345 e. The Balaban J connectivity index is 2.18. The molecule has 0 atom stereocenters. The van der Waals surface area contributed by atoms with Crippen molar-refractivity contribution in [2.24, 2.45) is 0 Å². The second-order valence-electron chi connectivity index (χ2n) is 6.16. The van der Waals surface area contributed by atoms with Crippen molar-refractivity contribution in [2.45, 2.75) is 52.4 Å². The van der Waals surface area contributed by atoms with E-state index in [1.165, 1.54) is 25.7 Å². The van der Waals surface area contributed by atoms with Crippen LogP contribution >= 0.6 is 0 Å². The van der Waals surface area contributed by atoms with Crippen LogP contribution in [0.4, 0.5) is 5.69 Å². The van der Waals surface area contributed by atoms with Crippen LogP contribution in [0.15, 0.2) is 29.1 Å². The van der Waals surface area contributed by atoms with Crippen molar-refractivity contribution in [2.75, 3.05) is 18.5 Å². The van der Waals surface area contributed by atoms with Crippen LogP contribution < -0.4 is 10.9 Å². The predicted molar refractivity (Wildman–Crippen MR) is 102 cm³/mol. The molecule has 5 heteroatoms. The van der Waals surface area contributed by atoms with Crippen molar-refractivity contribution in [3.05, 3.63) is 40.2 Å². The molecule has 0 spiro atoms. The summed E-state index contributed by atoms with van der Waals surface area (Å²) in [5.41, 5.74) is 0.937. The van der Waals surface area contributed by atoms with Crippen LogP contribution in [0, 0.1) is 0 Å². The van der Waals surface area contributed by atoms with Gasteiger partial charge in [0.15, 0.2) is 0 Å². The molecule has 0 unspecified atom stereocenters. The molecule has 0 saturated carbocycles. The molecule has 0 bridgehead atoms. The topological polar surface area (TPSA) is 71.2 Å². The van der Waals surface area contributed by atoms with Crippen LogP contribution in [0.1, 0.15) is 62.7 Å². The van der Waals surface area contributed by atoms with Gasteiger partial charge >= 0.3 is 5.97 Å². The minimum Gasteiger partial charge on any atom is -0.462 e. The van der Waals surface area contributed by atoms with Crippen LogP contribution in [-0.4, -0.2) is 24.1 Å². The monoisotopic (exact) mass is 344 g/mol. The molecule has 1 aromatic carbocycles. The van der Waals surface area contributed by atoms with Crippen LogP contribution in [0.3, 0.4) is 0 Å². The van der Waals surface area contributed by atoms with E-state index in [0.717, 1.165) is 24.8 Å². The zero-order chi connectivity index (χ0) is 18.1. The van der Waals surface area contributed by atoms with Gasteiger partial charge in [0.1, 0.15) is 5.56 Å². The molecule has 0 fully saturated rings. The maximum Gasteiger partial charge on any atom is 0.345 e. The van der Waals surface area contributed by atoms with Gasteiger partial charge in [-0.25, -0.2) is 4.79 Å². The largest absolute Gasteiger partial charge is 0.462 e. The molecule has 5 nitrogen and oxygen atoms in total. The number of carbonyl (C=O) groups is 1. The van der Waals surface area contributed by atoms with E-state index < -0.39 is 11.5 Å². The number of ether oxygens (including phenoxy) is 1. The van der Waals surface area contributed by atoms with Gasteiger partial charge in [0.25, 0.3) is 5.56 Å². The minimum atomic E-state index is -0.583. The number of esters is 1. The van der Waals surface area contributed by atoms with Gasteiger partial charge in [-0.3, -0.25) is 4.79 Å². The quantitative estimate of drug-likeness (QED) is 0.492. The summed E-state index contributed by atoms with van der Waals surface area (Å²) in [6.45, 7) is 4.90. The normalized spacial score (nSPS) is 10.8. The summed E-state index contributed by atoms with van der Waals surface area (Å²) >= 11 is 0. The molecule has 2 N–H and O–H groups in total. The van der Waals surface area contributed by atoms with Crippen molar-refractivity contribution in [3.8, 4) is 0 Å². The van der Waals surface area contributed by atoms with Crippen molar-refractivity contribution >= 4 is 22.6 Å². The number of hydrogen-bond acceptors (Lipinski definition) is 4. The van der Waals surface area contributed by atoms with Crippen LogP contribution in [0.5, 0.6) is 0 Å². The number of benzene rings is 1. The molecule has 2 aromatic rings. The third-order valence-corrected chi connectivity index (χ3v) is 4.23. The summed E-state index contributed by atoms with van der Waals surface area (Å²) in [5.74, 6) is -0.583. The van der Waals surface area contributed by atoms with Gasteiger partial charge in [-0.2, -0.15) is 0 Å². The van der Waals surface area contributed by atoms with Gasteiger partial charge in [-0.15, -0.1) is 0 Å². The van der Waals surface area contributed by atoms with E-state index in [0.29, 0.717) is 11.2 Å². The number of para-hydroxylation sites is 1. The number of carbonyl (C=O) groups excluding carboxylic acids is 1. The first-order valence-electron chi connectivity index (χ1n) is 9.25. The fourth-order valence-corrected chi connectivity index (χ4v) is 2.94. The van der Waals surface area contributed by atoms with Crippen LogP contribution in [0.2, 0.25) is 0 Å². The Hall–Kier alpha value is -2.30. The zero-order valence-electron chi connectivity index (χ0n) is 15.2. The first kappa shape index (κ1) is 19.0. The standard InChI is InChI=1S/C20H28N2O3/c1-3-5-6-7-8-11-14-21-18-15-12-9-10-13-16(15)22-19(23)17(18)20(24)25-4-2/h9-10,12-13H,3-8,11,14H2,1-2H3,(H2,21,22,23). The molecule has 2 rings (SSSR count). The maximum atomic E-state index is 12.4. The highest BCUT2D eigenvalue weighted by Crippen LogP contribution is 2.24. The van der Waals surface area contributed by atoms with Gasteiger partial charge in [-0.1, -0.05) is 57.2 Å². The second kappa shape index (κ2) is 9.87. The second-order valence-corrected chi connectivity index (χ2v) is 6.16. The summed E-state index contributed by atoms with van der Waals surface area (Å²) in [7, 11) is 0. The average molecular weight is 344 g/mol. The van der Waals surface area contributed by atoms with Gasteiger partial charge in [0.2, 0.25) is 0 Å². The summed E-state index contributed by atoms with van der Waals surface area (Å²) < 4.78 is 5.07. The van der Waals surface area contributed by atoms with Gasteiger partial charge in [0, 0.05) is 11.9 Å². The number of aromatic amines is 1. The Morgan fingerprint density at radius 2 is 1.80 bits per heavy atom. The fraction of sp³-hybridized carbons (Fsp3) is 0.500. The Morgan fingerprint density at radius 3 is 2.56 bits per heavy atom. The molecule has 0 aliphatic carbocycles. The molecule has 25 heavy (non-hydrogen) atoms. The van der Waals surface area contributed by atoms with E-state index in [-0.39, 0.29) is 12.2 Å². The molecule has 136 valence electrons. The number of anilines is 1. The summed E-state index contributed by atoms with van der Waals surface area (Å²) in [5, 5.41) is 4.14. The van der Waals surface area contributed by atoms with Crippen molar-refractivity contribution < 1.29 is 9.53 Å². The number of H-pyrrole nitrogens is 1. The highest BCUT2D eigenvalue weighted by atomic mass is 16.5.